The molecule has 2 aromatic carbocycles. The monoisotopic (exact) mass is 376 g/mol. The molecular formula is C17H13FN2O5S. The van der Waals surface area contributed by atoms with Crippen LogP contribution in [0.25, 0.3) is 0 Å². The van der Waals surface area contributed by atoms with E-state index in [0.717, 1.165) is 24.3 Å². The third-order valence-electron chi connectivity index (χ3n) is 3.79. The first kappa shape index (κ1) is 17.7. The van der Waals surface area contributed by atoms with Gasteiger partial charge in [0.1, 0.15) is 5.82 Å². The highest BCUT2D eigenvalue weighted by Crippen LogP contribution is 2.20. The first-order valence-corrected chi connectivity index (χ1v) is 9.19. The Morgan fingerprint density at radius 2 is 1.65 bits per heavy atom. The predicted molar refractivity (Wildman–Crippen MR) is 89.9 cm³/mol. The third kappa shape index (κ3) is 3.62. The Morgan fingerprint density at radius 3 is 2.35 bits per heavy atom. The molecule has 2 N–H and O–H groups in total. The molecule has 134 valence electrons. The van der Waals surface area contributed by atoms with Crippen molar-refractivity contribution >= 4 is 33.2 Å². The summed E-state index contributed by atoms with van der Waals surface area (Å²) in [5.74, 6) is -2.64. The summed E-state index contributed by atoms with van der Waals surface area (Å²) in [6.07, 6.45) is -0.318. The van der Waals surface area contributed by atoms with Gasteiger partial charge in [0.05, 0.1) is 21.8 Å². The molecule has 0 aromatic heterocycles. The standard InChI is InChI=1S/C17H13FN2O5S/c18-10-1-4-12(5-2-10)26(24,25)8-7-15(21)19-11-3-6-13-14(9-11)17(23)20-16(13)22/h1-6,9H,7-8H2,(H,19,21)(H,20,22,23). The Labute approximate surface area is 148 Å². The van der Waals surface area contributed by atoms with Gasteiger partial charge < -0.3 is 5.32 Å². The highest BCUT2D eigenvalue weighted by molar-refractivity contribution is 7.91. The maximum Gasteiger partial charge on any atom is 0.259 e. The van der Waals surface area contributed by atoms with Gasteiger partial charge in [0.2, 0.25) is 5.91 Å². The summed E-state index contributed by atoms with van der Waals surface area (Å²) in [5.41, 5.74) is 0.636. The zero-order chi connectivity index (χ0) is 18.9. The van der Waals surface area contributed by atoms with Crippen molar-refractivity contribution < 1.29 is 27.2 Å². The summed E-state index contributed by atoms with van der Waals surface area (Å²) in [4.78, 5) is 35.0. The van der Waals surface area contributed by atoms with Gasteiger partial charge >= 0.3 is 0 Å². The van der Waals surface area contributed by atoms with Crippen molar-refractivity contribution in [1.29, 1.82) is 0 Å². The molecule has 0 fully saturated rings. The average Bonchev–Trinajstić information content (AvgIpc) is 2.87. The van der Waals surface area contributed by atoms with Gasteiger partial charge in [-0.05, 0) is 42.5 Å². The molecule has 7 nitrogen and oxygen atoms in total. The molecule has 0 aliphatic carbocycles. The van der Waals surface area contributed by atoms with E-state index in [2.05, 4.69) is 10.6 Å². The molecule has 3 amide bonds. The molecule has 0 spiro atoms. The smallest absolute Gasteiger partial charge is 0.259 e. The van der Waals surface area contributed by atoms with Crippen molar-refractivity contribution in [2.24, 2.45) is 0 Å². The van der Waals surface area contributed by atoms with E-state index in [1.165, 1.54) is 18.2 Å². The second kappa shape index (κ2) is 6.68. The Hall–Kier alpha value is -3.07. The van der Waals surface area contributed by atoms with Crippen LogP contribution in [0.4, 0.5) is 10.1 Å². The Morgan fingerprint density at radius 1 is 1.00 bits per heavy atom. The lowest BCUT2D eigenvalue weighted by atomic mass is 10.1. The zero-order valence-corrected chi connectivity index (χ0v) is 14.1. The van der Waals surface area contributed by atoms with Crippen LogP contribution in [0.15, 0.2) is 47.4 Å². The molecule has 0 unspecified atom stereocenters. The van der Waals surface area contributed by atoms with E-state index in [0.29, 0.717) is 0 Å². The minimum Gasteiger partial charge on any atom is -0.326 e. The Kier molecular flexibility index (Phi) is 4.56. The maximum absolute atomic E-state index is 12.9. The van der Waals surface area contributed by atoms with Crippen LogP contribution in [0.5, 0.6) is 0 Å². The largest absolute Gasteiger partial charge is 0.326 e. The van der Waals surface area contributed by atoms with Gasteiger partial charge in [-0.3, -0.25) is 19.7 Å². The normalized spacial score (nSPS) is 13.3. The van der Waals surface area contributed by atoms with Crippen LogP contribution >= 0.6 is 0 Å². The van der Waals surface area contributed by atoms with E-state index >= 15 is 0 Å². The topological polar surface area (TPSA) is 109 Å². The quantitative estimate of drug-likeness (QED) is 0.607. The van der Waals surface area contributed by atoms with Crippen molar-refractivity contribution in [2.75, 3.05) is 11.1 Å². The van der Waals surface area contributed by atoms with Crippen LogP contribution in [0.2, 0.25) is 0 Å². The molecule has 1 aliphatic heterocycles. The summed E-state index contributed by atoms with van der Waals surface area (Å²) >= 11 is 0. The van der Waals surface area contributed by atoms with Gasteiger partial charge in [0, 0.05) is 12.1 Å². The lowest BCUT2D eigenvalue weighted by Gasteiger charge is -2.07. The minimum absolute atomic E-state index is 0.0700. The van der Waals surface area contributed by atoms with Crippen LogP contribution in [0.1, 0.15) is 27.1 Å². The van der Waals surface area contributed by atoms with Gasteiger partial charge in [-0.15, -0.1) is 0 Å². The van der Waals surface area contributed by atoms with Crippen molar-refractivity contribution in [2.45, 2.75) is 11.3 Å². The van der Waals surface area contributed by atoms with Gasteiger partial charge in [0.15, 0.2) is 9.84 Å². The van der Waals surface area contributed by atoms with Crippen molar-refractivity contribution in [3.63, 3.8) is 0 Å². The number of imide groups is 1. The molecule has 1 heterocycles. The van der Waals surface area contributed by atoms with Crippen molar-refractivity contribution in [3.8, 4) is 0 Å². The molecule has 26 heavy (non-hydrogen) atoms. The molecule has 0 saturated carbocycles. The highest BCUT2D eigenvalue weighted by atomic mass is 32.2. The molecule has 0 bridgehead atoms. The van der Waals surface area contributed by atoms with Crippen LogP contribution in [-0.2, 0) is 14.6 Å². The summed E-state index contributed by atoms with van der Waals surface area (Å²) in [5, 5.41) is 4.62. The lowest BCUT2D eigenvalue weighted by Crippen LogP contribution is -2.20. The average molecular weight is 376 g/mol. The van der Waals surface area contributed by atoms with Gasteiger partial charge in [0.25, 0.3) is 11.8 Å². The van der Waals surface area contributed by atoms with E-state index in [-0.39, 0.29) is 28.1 Å². The number of rotatable bonds is 5. The number of fused-ring (bicyclic) bond motifs is 1. The number of halogens is 1. The molecule has 0 radical (unpaired) electrons. The fourth-order valence-electron chi connectivity index (χ4n) is 2.46. The number of anilines is 1. The zero-order valence-electron chi connectivity index (χ0n) is 13.3. The number of nitrogens with one attached hydrogen (secondary N) is 2. The Balaban J connectivity index is 1.65. The molecule has 1 aliphatic rings. The van der Waals surface area contributed by atoms with Crippen LogP contribution in [0.3, 0.4) is 0 Å². The van der Waals surface area contributed by atoms with Crippen LogP contribution in [0, 0.1) is 5.82 Å². The van der Waals surface area contributed by atoms with Gasteiger partial charge in [-0.2, -0.15) is 0 Å². The number of carbonyl (C=O) groups is 3. The first-order chi connectivity index (χ1) is 12.3. The van der Waals surface area contributed by atoms with E-state index < -0.39 is 39.1 Å². The number of carbonyl (C=O) groups excluding carboxylic acids is 3. The highest BCUT2D eigenvalue weighted by Gasteiger charge is 2.26. The third-order valence-corrected chi connectivity index (χ3v) is 5.52. The predicted octanol–water partition coefficient (Wildman–Crippen LogP) is 1.51. The minimum atomic E-state index is -3.73. The van der Waals surface area contributed by atoms with Crippen LogP contribution < -0.4 is 10.6 Å². The number of amides is 3. The number of hydrogen-bond acceptors (Lipinski definition) is 5. The first-order valence-electron chi connectivity index (χ1n) is 7.54. The van der Waals surface area contributed by atoms with Gasteiger partial charge in [-0.1, -0.05) is 0 Å². The fourth-order valence-corrected chi connectivity index (χ4v) is 3.70. The molecule has 0 saturated heterocycles. The summed E-state index contributed by atoms with van der Waals surface area (Å²) in [6.45, 7) is 0. The van der Waals surface area contributed by atoms with E-state index in [4.69, 9.17) is 0 Å². The second-order valence-corrected chi connectivity index (χ2v) is 7.72. The van der Waals surface area contributed by atoms with Crippen molar-refractivity contribution in [3.05, 3.63) is 59.4 Å². The maximum atomic E-state index is 12.9. The molecule has 2 aromatic rings. The SMILES string of the molecule is O=C(CCS(=O)(=O)c1ccc(F)cc1)Nc1ccc2c(c1)C(=O)NC2=O. The fraction of sp³-hybridized carbons (Fsp3) is 0.118. The number of benzene rings is 2. The Bertz CT molecular complexity index is 1020. The molecule has 9 heteroatoms. The summed E-state index contributed by atoms with van der Waals surface area (Å²) in [6, 6.07) is 8.54. The van der Waals surface area contributed by atoms with Crippen LogP contribution in [-0.4, -0.2) is 31.9 Å². The van der Waals surface area contributed by atoms with E-state index in [1.807, 2.05) is 0 Å². The van der Waals surface area contributed by atoms with E-state index in [9.17, 15) is 27.2 Å². The molecule has 3 rings (SSSR count). The van der Waals surface area contributed by atoms with Crippen molar-refractivity contribution in [1.82, 2.24) is 5.32 Å². The van der Waals surface area contributed by atoms with Gasteiger partial charge in [-0.25, -0.2) is 12.8 Å². The molecular weight excluding hydrogens is 363 g/mol. The summed E-state index contributed by atoms with van der Waals surface area (Å²) in [7, 11) is -3.73. The molecule has 0 atom stereocenters. The van der Waals surface area contributed by atoms with E-state index in [1.54, 1.807) is 0 Å². The summed E-state index contributed by atoms with van der Waals surface area (Å²) < 4.78 is 37.1. The second-order valence-electron chi connectivity index (χ2n) is 5.61. The number of sulfone groups is 1. The number of hydrogen-bond donors (Lipinski definition) is 2. The lowest BCUT2D eigenvalue weighted by molar-refractivity contribution is -0.115.